The molecule has 172 valence electrons. The standard InChI is InChI=1S/C26H22FN3O4/c27-22-7-3-5-19-14-30(15-21(19)22)26(34)24(32)23(31)25(33)29-13-16-8-10-17(11-9-16)20-6-2-1-4-18(20)12-28/h1-11,23-24,31-32H,13-15H2,(H,29,33)/t23-,24-/m1/s1. The molecular weight excluding hydrogens is 437 g/mol. The van der Waals surface area contributed by atoms with Crippen molar-refractivity contribution in [3.05, 3.63) is 94.8 Å². The first-order valence-corrected chi connectivity index (χ1v) is 10.7. The van der Waals surface area contributed by atoms with Crippen LogP contribution in [0.15, 0.2) is 66.7 Å². The molecule has 4 rings (SSSR count). The molecule has 34 heavy (non-hydrogen) atoms. The van der Waals surface area contributed by atoms with Crippen molar-refractivity contribution in [3.8, 4) is 17.2 Å². The lowest BCUT2D eigenvalue weighted by molar-refractivity contribution is -0.153. The van der Waals surface area contributed by atoms with E-state index in [0.717, 1.165) is 16.7 Å². The number of nitrogens with zero attached hydrogens (tertiary/aromatic N) is 2. The van der Waals surface area contributed by atoms with Crippen LogP contribution in [0.5, 0.6) is 0 Å². The van der Waals surface area contributed by atoms with Gasteiger partial charge in [0.05, 0.1) is 11.6 Å². The van der Waals surface area contributed by atoms with E-state index in [9.17, 15) is 29.5 Å². The van der Waals surface area contributed by atoms with Gasteiger partial charge in [-0.15, -0.1) is 0 Å². The van der Waals surface area contributed by atoms with Gasteiger partial charge >= 0.3 is 0 Å². The average molecular weight is 459 g/mol. The number of rotatable bonds is 6. The summed E-state index contributed by atoms with van der Waals surface area (Å²) in [6.45, 7) is 0.128. The van der Waals surface area contributed by atoms with Gasteiger partial charge in [0.1, 0.15) is 5.82 Å². The maximum absolute atomic E-state index is 13.9. The topological polar surface area (TPSA) is 114 Å². The lowest BCUT2D eigenvalue weighted by Crippen LogP contribution is -2.49. The normalized spacial score (nSPS) is 14.1. The molecule has 2 amide bonds. The minimum absolute atomic E-state index is 0.0342. The highest BCUT2D eigenvalue weighted by Crippen LogP contribution is 2.26. The quantitative estimate of drug-likeness (QED) is 0.523. The predicted octanol–water partition coefficient (Wildman–Crippen LogP) is 2.24. The Kier molecular flexibility index (Phi) is 6.68. The Morgan fingerprint density at radius 3 is 2.44 bits per heavy atom. The van der Waals surface area contributed by atoms with Gasteiger partial charge in [0, 0.05) is 25.2 Å². The smallest absolute Gasteiger partial charge is 0.255 e. The molecule has 0 aliphatic carbocycles. The number of carbonyl (C=O) groups excluding carboxylic acids is 2. The van der Waals surface area contributed by atoms with Gasteiger partial charge in [0.25, 0.3) is 11.8 Å². The van der Waals surface area contributed by atoms with E-state index >= 15 is 0 Å². The molecule has 0 bridgehead atoms. The fourth-order valence-electron chi connectivity index (χ4n) is 3.93. The molecule has 0 saturated carbocycles. The van der Waals surface area contributed by atoms with Crippen molar-refractivity contribution in [1.29, 1.82) is 5.26 Å². The summed E-state index contributed by atoms with van der Waals surface area (Å²) in [5.74, 6) is -2.19. The van der Waals surface area contributed by atoms with E-state index in [1.807, 2.05) is 24.3 Å². The second-order valence-electron chi connectivity index (χ2n) is 8.03. The number of benzene rings is 3. The summed E-state index contributed by atoms with van der Waals surface area (Å²) in [5.41, 5.74) is 3.90. The van der Waals surface area contributed by atoms with Gasteiger partial charge in [-0.3, -0.25) is 9.59 Å². The van der Waals surface area contributed by atoms with E-state index < -0.39 is 29.8 Å². The summed E-state index contributed by atoms with van der Waals surface area (Å²) < 4.78 is 13.9. The number of carbonyl (C=O) groups is 2. The van der Waals surface area contributed by atoms with E-state index in [1.54, 1.807) is 30.3 Å². The van der Waals surface area contributed by atoms with Crippen molar-refractivity contribution < 1.29 is 24.2 Å². The van der Waals surface area contributed by atoms with Gasteiger partial charge in [-0.05, 0) is 34.4 Å². The number of nitrogens with one attached hydrogen (secondary N) is 1. The average Bonchev–Trinajstić information content (AvgIpc) is 3.32. The minimum atomic E-state index is -1.97. The van der Waals surface area contributed by atoms with Crippen LogP contribution in [0.3, 0.4) is 0 Å². The first kappa shape index (κ1) is 23.1. The monoisotopic (exact) mass is 459 g/mol. The van der Waals surface area contributed by atoms with Crippen LogP contribution >= 0.6 is 0 Å². The predicted molar refractivity (Wildman–Crippen MR) is 121 cm³/mol. The highest BCUT2D eigenvalue weighted by atomic mass is 19.1. The summed E-state index contributed by atoms with van der Waals surface area (Å²) in [4.78, 5) is 26.1. The Hall–Kier alpha value is -4.06. The zero-order chi connectivity index (χ0) is 24.2. The second kappa shape index (κ2) is 9.83. The summed E-state index contributed by atoms with van der Waals surface area (Å²) >= 11 is 0. The lowest BCUT2D eigenvalue weighted by atomic mass is 9.99. The molecule has 3 N–H and O–H groups in total. The van der Waals surface area contributed by atoms with Crippen LogP contribution in [0.4, 0.5) is 4.39 Å². The number of amides is 2. The molecule has 1 heterocycles. The molecule has 3 aromatic carbocycles. The van der Waals surface area contributed by atoms with Gasteiger partial charge in [0.15, 0.2) is 12.2 Å². The highest BCUT2D eigenvalue weighted by Gasteiger charge is 2.36. The van der Waals surface area contributed by atoms with Crippen molar-refractivity contribution in [2.75, 3.05) is 0 Å². The van der Waals surface area contributed by atoms with Gasteiger partial charge in [0.2, 0.25) is 0 Å². The number of fused-ring (bicyclic) bond motifs is 1. The summed E-state index contributed by atoms with van der Waals surface area (Å²) in [5, 5.41) is 32.2. The molecule has 7 nitrogen and oxygen atoms in total. The van der Waals surface area contributed by atoms with E-state index in [1.165, 1.54) is 17.0 Å². The molecule has 1 aliphatic rings. The Balaban J connectivity index is 1.33. The third-order valence-electron chi connectivity index (χ3n) is 5.84. The molecule has 0 fully saturated rings. The molecule has 3 aromatic rings. The minimum Gasteiger partial charge on any atom is -0.380 e. The number of hydrogen-bond donors (Lipinski definition) is 3. The number of aliphatic hydroxyl groups excluding tert-OH is 2. The summed E-state index contributed by atoms with van der Waals surface area (Å²) in [6.07, 6.45) is -3.94. The molecular formula is C26H22FN3O4. The fourth-order valence-corrected chi connectivity index (χ4v) is 3.93. The number of nitriles is 1. The Labute approximate surface area is 195 Å². The van der Waals surface area contributed by atoms with Crippen molar-refractivity contribution in [3.63, 3.8) is 0 Å². The molecule has 0 saturated heterocycles. The SMILES string of the molecule is N#Cc1ccccc1-c1ccc(CNC(=O)[C@H](O)[C@@H](O)C(=O)N2Cc3cccc(F)c3C2)cc1. The third-order valence-corrected chi connectivity index (χ3v) is 5.84. The Morgan fingerprint density at radius 2 is 1.74 bits per heavy atom. The lowest BCUT2D eigenvalue weighted by Gasteiger charge is -2.22. The molecule has 0 aromatic heterocycles. The van der Waals surface area contributed by atoms with E-state index in [-0.39, 0.29) is 19.6 Å². The molecule has 1 aliphatic heterocycles. The molecule has 0 radical (unpaired) electrons. The third kappa shape index (κ3) is 4.66. The Bertz CT molecular complexity index is 1270. The largest absolute Gasteiger partial charge is 0.380 e. The van der Waals surface area contributed by atoms with Crippen molar-refractivity contribution in [2.24, 2.45) is 0 Å². The Morgan fingerprint density at radius 1 is 1.00 bits per heavy atom. The van der Waals surface area contributed by atoms with Crippen LogP contribution in [0.2, 0.25) is 0 Å². The van der Waals surface area contributed by atoms with Gasteiger partial charge < -0.3 is 20.4 Å². The van der Waals surface area contributed by atoms with E-state index in [0.29, 0.717) is 16.7 Å². The van der Waals surface area contributed by atoms with Crippen LogP contribution in [-0.2, 0) is 29.2 Å². The maximum Gasteiger partial charge on any atom is 0.255 e. The van der Waals surface area contributed by atoms with E-state index in [4.69, 9.17) is 0 Å². The van der Waals surface area contributed by atoms with Crippen LogP contribution < -0.4 is 5.32 Å². The first-order valence-electron chi connectivity index (χ1n) is 10.7. The number of hydrogen-bond acceptors (Lipinski definition) is 5. The van der Waals surface area contributed by atoms with Crippen LogP contribution in [-0.4, -0.2) is 39.1 Å². The number of halogens is 1. The zero-order valence-electron chi connectivity index (χ0n) is 18.1. The first-order chi connectivity index (χ1) is 16.4. The second-order valence-corrected chi connectivity index (χ2v) is 8.03. The zero-order valence-corrected chi connectivity index (χ0v) is 18.1. The summed E-state index contributed by atoms with van der Waals surface area (Å²) in [7, 11) is 0. The van der Waals surface area contributed by atoms with Gasteiger partial charge in [-0.25, -0.2) is 4.39 Å². The van der Waals surface area contributed by atoms with Gasteiger partial charge in [-0.1, -0.05) is 54.6 Å². The van der Waals surface area contributed by atoms with Crippen molar-refractivity contribution in [1.82, 2.24) is 10.2 Å². The van der Waals surface area contributed by atoms with Crippen LogP contribution in [0, 0.1) is 17.1 Å². The highest BCUT2D eigenvalue weighted by molar-refractivity contribution is 5.91. The van der Waals surface area contributed by atoms with Crippen molar-refractivity contribution in [2.45, 2.75) is 31.8 Å². The fraction of sp³-hybridized carbons (Fsp3) is 0.192. The van der Waals surface area contributed by atoms with Crippen LogP contribution in [0.25, 0.3) is 11.1 Å². The summed E-state index contributed by atoms with van der Waals surface area (Å²) in [6, 6.07) is 21.0. The molecule has 0 spiro atoms. The molecule has 2 atom stereocenters. The van der Waals surface area contributed by atoms with E-state index in [2.05, 4.69) is 11.4 Å². The van der Waals surface area contributed by atoms with Crippen molar-refractivity contribution >= 4 is 11.8 Å². The molecule has 0 unspecified atom stereocenters. The molecule has 8 heteroatoms. The maximum atomic E-state index is 13.9. The van der Waals surface area contributed by atoms with Crippen LogP contribution in [0.1, 0.15) is 22.3 Å². The van der Waals surface area contributed by atoms with Gasteiger partial charge in [-0.2, -0.15) is 5.26 Å². The number of aliphatic hydroxyl groups is 2.